The average Bonchev–Trinajstić information content (AvgIpc) is 2.61. The maximum absolute atomic E-state index is 12.5. The van der Waals surface area contributed by atoms with Crippen LogP contribution in [0.5, 0.6) is 0 Å². The molecule has 0 aliphatic carbocycles. The Hall–Kier alpha value is -1.53. The lowest BCUT2D eigenvalue weighted by Crippen LogP contribution is -2.40. The van der Waals surface area contributed by atoms with Crippen LogP contribution in [0.1, 0.15) is 39.2 Å². The molecule has 1 aromatic rings. The predicted molar refractivity (Wildman–Crippen MR) is 109 cm³/mol. The maximum Gasteiger partial charge on any atom is 0.237 e. The number of rotatable bonds is 8. The van der Waals surface area contributed by atoms with E-state index >= 15 is 0 Å². The second-order valence-corrected chi connectivity index (χ2v) is 8.70. The largest absolute Gasteiger partial charge is 0.369 e. The molecular weight excluding hydrogens is 346 g/mol. The van der Waals surface area contributed by atoms with E-state index in [-0.39, 0.29) is 23.0 Å². The van der Waals surface area contributed by atoms with E-state index in [2.05, 4.69) is 31.0 Å². The van der Waals surface area contributed by atoms with E-state index in [0.29, 0.717) is 5.92 Å². The van der Waals surface area contributed by atoms with Crippen molar-refractivity contribution < 1.29 is 9.59 Å². The molecule has 1 saturated heterocycles. The number of piperidine rings is 1. The van der Waals surface area contributed by atoms with Crippen molar-refractivity contribution in [2.45, 2.75) is 45.4 Å². The van der Waals surface area contributed by atoms with Gasteiger partial charge >= 0.3 is 0 Å². The fourth-order valence-electron chi connectivity index (χ4n) is 3.35. The van der Waals surface area contributed by atoms with Gasteiger partial charge in [-0.3, -0.25) is 14.5 Å². The van der Waals surface area contributed by atoms with Crippen molar-refractivity contribution >= 4 is 29.3 Å². The van der Waals surface area contributed by atoms with Gasteiger partial charge in [-0.2, -0.15) is 0 Å². The van der Waals surface area contributed by atoms with Gasteiger partial charge in [0.25, 0.3) is 0 Å². The molecule has 2 rings (SSSR count). The third-order valence-corrected chi connectivity index (χ3v) is 6.20. The lowest BCUT2D eigenvalue weighted by Gasteiger charge is -2.31. The fourth-order valence-corrected chi connectivity index (χ4v) is 4.30. The summed E-state index contributed by atoms with van der Waals surface area (Å²) in [5.41, 5.74) is 7.45. The van der Waals surface area contributed by atoms with Crippen LogP contribution in [0.25, 0.3) is 0 Å². The summed E-state index contributed by atoms with van der Waals surface area (Å²) in [6.07, 6.45) is 1.90. The summed E-state index contributed by atoms with van der Waals surface area (Å²) >= 11 is 1.68. The van der Waals surface area contributed by atoms with Crippen molar-refractivity contribution in [3.8, 4) is 0 Å². The molecular formula is C20H31N3O2S. The van der Waals surface area contributed by atoms with Crippen molar-refractivity contribution in [3.63, 3.8) is 0 Å². The molecule has 6 heteroatoms. The Kier molecular flexibility index (Phi) is 7.97. The van der Waals surface area contributed by atoms with E-state index < -0.39 is 0 Å². The quantitative estimate of drug-likeness (QED) is 0.730. The van der Waals surface area contributed by atoms with Crippen LogP contribution in [-0.4, -0.2) is 40.8 Å². The Morgan fingerprint density at radius 3 is 2.58 bits per heavy atom. The molecule has 1 aromatic carbocycles. The topological polar surface area (TPSA) is 75.4 Å². The van der Waals surface area contributed by atoms with E-state index in [1.165, 1.54) is 5.56 Å². The lowest BCUT2D eigenvalue weighted by molar-refractivity contribution is -0.123. The highest BCUT2D eigenvalue weighted by Crippen LogP contribution is 2.22. The van der Waals surface area contributed by atoms with Gasteiger partial charge in [0.05, 0.1) is 11.2 Å². The van der Waals surface area contributed by atoms with Gasteiger partial charge in [-0.25, -0.2) is 0 Å². The number of carbonyl (C=O) groups is 2. The van der Waals surface area contributed by atoms with Gasteiger partial charge in [-0.1, -0.05) is 32.9 Å². The molecule has 0 saturated carbocycles. The highest BCUT2D eigenvalue weighted by Gasteiger charge is 2.24. The molecule has 2 atom stereocenters. The predicted octanol–water partition coefficient (Wildman–Crippen LogP) is 3.10. The van der Waals surface area contributed by atoms with Gasteiger partial charge in [0.1, 0.15) is 0 Å². The summed E-state index contributed by atoms with van der Waals surface area (Å²) in [4.78, 5) is 26.1. The summed E-state index contributed by atoms with van der Waals surface area (Å²) in [5, 5.41) is 3.00. The van der Waals surface area contributed by atoms with Crippen LogP contribution < -0.4 is 11.1 Å². The first-order valence-electron chi connectivity index (χ1n) is 9.43. The summed E-state index contributed by atoms with van der Waals surface area (Å²) in [7, 11) is 0. The van der Waals surface area contributed by atoms with Crippen LogP contribution >= 0.6 is 11.8 Å². The summed E-state index contributed by atoms with van der Waals surface area (Å²) < 4.78 is 0. The van der Waals surface area contributed by atoms with Gasteiger partial charge in [0.2, 0.25) is 11.8 Å². The Balaban J connectivity index is 1.91. The Morgan fingerprint density at radius 2 is 2.00 bits per heavy atom. The Morgan fingerprint density at radius 1 is 1.31 bits per heavy atom. The molecule has 2 unspecified atom stereocenters. The minimum Gasteiger partial charge on any atom is -0.369 e. The first-order valence-corrected chi connectivity index (χ1v) is 10.5. The summed E-state index contributed by atoms with van der Waals surface area (Å²) in [6.45, 7) is 8.76. The van der Waals surface area contributed by atoms with Crippen LogP contribution in [-0.2, 0) is 16.1 Å². The lowest BCUT2D eigenvalue weighted by atomic mass is 9.97. The normalized spacial score (nSPS) is 19.3. The molecule has 2 amide bonds. The van der Waals surface area contributed by atoms with Crippen LogP contribution in [0.2, 0.25) is 0 Å². The van der Waals surface area contributed by atoms with Crippen molar-refractivity contribution in [1.29, 1.82) is 0 Å². The second-order valence-electron chi connectivity index (χ2n) is 7.28. The maximum atomic E-state index is 12.5. The van der Waals surface area contributed by atoms with E-state index in [0.717, 1.165) is 43.9 Å². The number of primary amides is 1. The number of benzene rings is 1. The Bertz CT molecular complexity index is 604. The summed E-state index contributed by atoms with van der Waals surface area (Å²) in [5.74, 6) is 1.07. The highest BCUT2D eigenvalue weighted by atomic mass is 32.2. The number of nitrogens with one attached hydrogen (secondary N) is 1. The number of thioether (sulfide) groups is 1. The zero-order valence-electron chi connectivity index (χ0n) is 16.0. The number of nitrogens with two attached hydrogens (primary N) is 1. The van der Waals surface area contributed by atoms with Crippen molar-refractivity contribution in [2.75, 3.05) is 24.2 Å². The number of hydrogen-bond acceptors (Lipinski definition) is 4. The molecule has 3 N–H and O–H groups in total. The minimum absolute atomic E-state index is 0.0289. The zero-order chi connectivity index (χ0) is 19.1. The van der Waals surface area contributed by atoms with Crippen molar-refractivity contribution in [3.05, 3.63) is 29.8 Å². The first-order chi connectivity index (χ1) is 12.4. The Labute approximate surface area is 161 Å². The first kappa shape index (κ1) is 20.8. The molecule has 1 aliphatic heterocycles. The van der Waals surface area contributed by atoms with Gasteiger partial charge in [0, 0.05) is 18.8 Å². The third kappa shape index (κ3) is 6.02. The highest BCUT2D eigenvalue weighted by molar-refractivity contribution is 8.00. The molecule has 144 valence electrons. The van der Waals surface area contributed by atoms with Gasteiger partial charge in [-0.05, 0) is 48.8 Å². The molecule has 1 heterocycles. The van der Waals surface area contributed by atoms with E-state index in [1.807, 2.05) is 24.3 Å². The van der Waals surface area contributed by atoms with Gasteiger partial charge in [0.15, 0.2) is 0 Å². The number of nitrogens with zero attached hydrogens (tertiary/aromatic N) is 1. The number of likely N-dealkylation sites (tertiary alicyclic amines) is 1. The SMILES string of the molecule is CCSC(C(=O)Nc1ccc(CN2CCCC(C(N)=O)C2)cc1)C(C)C. The molecule has 5 nitrogen and oxygen atoms in total. The monoisotopic (exact) mass is 377 g/mol. The fraction of sp³-hybridized carbons (Fsp3) is 0.600. The second kappa shape index (κ2) is 9.97. The molecule has 26 heavy (non-hydrogen) atoms. The molecule has 0 spiro atoms. The van der Waals surface area contributed by atoms with Gasteiger partial charge < -0.3 is 11.1 Å². The smallest absolute Gasteiger partial charge is 0.237 e. The zero-order valence-corrected chi connectivity index (χ0v) is 16.8. The molecule has 0 aromatic heterocycles. The van der Waals surface area contributed by atoms with Gasteiger partial charge in [-0.15, -0.1) is 11.8 Å². The van der Waals surface area contributed by atoms with Crippen LogP contribution in [0.4, 0.5) is 5.69 Å². The molecule has 0 bridgehead atoms. The van der Waals surface area contributed by atoms with E-state index in [1.54, 1.807) is 11.8 Å². The number of hydrogen-bond donors (Lipinski definition) is 2. The third-order valence-electron chi connectivity index (χ3n) is 4.75. The number of anilines is 1. The number of carbonyl (C=O) groups excluding carboxylic acids is 2. The van der Waals surface area contributed by atoms with Crippen LogP contribution in [0, 0.1) is 11.8 Å². The van der Waals surface area contributed by atoms with Crippen LogP contribution in [0.3, 0.4) is 0 Å². The molecule has 1 fully saturated rings. The van der Waals surface area contributed by atoms with E-state index in [4.69, 9.17) is 5.73 Å². The molecule has 1 aliphatic rings. The minimum atomic E-state index is -0.197. The number of amides is 2. The van der Waals surface area contributed by atoms with Crippen molar-refractivity contribution in [2.24, 2.45) is 17.6 Å². The molecule has 0 radical (unpaired) electrons. The average molecular weight is 378 g/mol. The van der Waals surface area contributed by atoms with E-state index in [9.17, 15) is 9.59 Å². The standard InChI is InChI=1S/C20H31N3O2S/c1-4-26-18(14(2)3)20(25)22-17-9-7-15(8-10-17)12-23-11-5-6-16(13-23)19(21)24/h7-10,14,16,18H,4-6,11-13H2,1-3H3,(H2,21,24)(H,22,25). The van der Waals surface area contributed by atoms with Crippen LogP contribution in [0.15, 0.2) is 24.3 Å². The summed E-state index contributed by atoms with van der Waals surface area (Å²) in [6, 6.07) is 8.00. The van der Waals surface area contributed by atoms with Crippen molar-refractivity contribution in [1.82, 2.24) is 4.90 Å².